The summed E-state index contributed by atoms with van der Waals surface area (Å²) in [4.78, 5) is 6.97. The predicted octanol–water partition coefficient (Wildman–Crippen LogP) is 2.96. The Morgan fingerprint density at radius 2 is 2.05 bits per heavy atom. The molecule has 4 nitrogen and oxygen atoms in total. The topological polar surface area (TPSA) is 37.4 Å². The molecule has 1 aliphatic heterocycles. The number of anilines is 1. The lowest BCUT2D eigenvalue weighted by Crippen LogP contribution is -2.46. The quantitative estimate of drug-likeness (QED) is 0.913. The Morgan fingerprint density at radius 1 is 1.40 bits per heavy atom. The number of nitrogens with one attached hydrogen (secondary N) is 1. The van der Waals surface area contributed by atoms with Crippen LogP contribution in [0.1, 0.15) is 33.3 Å². The minimum absolute atomic E-state index is 0.245. The molecular weight excluding hydrogens is 318 g/mol. The molecular formula is C15H24BrN3O. The van der Waals surface area contributed by atoms with E-state index in [1.165, 1.54) is 5.56 Å². The molecule has 20 heavy (non-hydrogen) atoms. The number of pyridine rings is 1. The average Bonchev–Trinajstić information content (AvgIpc) is 2.35. The number of hydrogen-bond donors (Lipinski definition) is 1. The highest BCUT2D eigenvalue weighted by Gasteiger charge is 2.24. The van der Waals surface area contributed by atoms with Gasteiger partial charge < -0.3 is 15.0 Å². The van der Waals surface area contributed by atoms with Crippen molar-refractivity contribution in [1.82, 2.24) is 10.3 Å². The van der Waals surface area contributed by atoms with E-state index >= 15 is 0 Å². The highest BCUT2D eigenvalue weighted by atomic mass is 79.9. The third-order valence-electron chi connectivity index (χ3n) is 3.33. The fraction of sp³-hybridized carbons (Fsp3) is 0.667. The Kier molecular flexibility index (Phi) is 5.41. The van der Waals surface area contributed by atoms with Crippen molar-refractivity contribution in [2.24, 2.45) is 0 Å². The fourth-order valence-corrected chi connectivity index (χ4v) is 2.93. The fourth-order valence-electron chi connectivity index (χ4n) is 2.55. The largest absolute Gasteiger partial charge is 0.372 e. The minimum Gasteiger partial charge on any atom is -0.372 e. The van der Waals surface area contributed by atoms with Crippen LogP contribution < -0.4 is 10.2 Å². The summed E-state index contributed by atoms with van der Waals surface area (Å²) < 4.78 is 6.83. The minimum atomic E-state index is 0.245. The number of ether oxygens (including phenoxy) is 1. The second-order valence-electron chi connectivity index (χ2n) is 5.83. The van der Waals surface area contributed by atoms with Gasteiger partial charge in [-0.2, -0.15) is 0 Å². The van der Waals surface area contributed by atoms with E-state index in [0.717, 1.165) is 29.9 Å². The monoisotopic (exact) mass is 341 g/mol. The Bertz CT molecular complexity index is 443. The second kappa shape index (κ2) is 6.87. The smallest absolute Gasteiger partial charge is 0.133 e. The lowest BCUT2D eigenvalue weighted by Gasteiger charge is -2.37. The van der Waals surface area contributed by atoms with Crippen LogP contribution in [0.25, 0.3) is 0 Å². The maximum atomic E-state index is 5.81. The van der Waals surface area contributed by atoms with Crippen molar-refractivity contribution in [2.45, 2.75) is 52.5 Å². The van der Waals surface area contributed by atoms with Crippen molar-refractivity contribution in [3.8, 4) is 0 Å². The van der Waals surface area contributed by atoms with Crippen LogP contribution >= 0.6 is 15.9 Å². The molecule has 0 aliphatic carbocycles. The number of halogens is 1. The molecule has 1 saturated heterocycles. The molecule has 0 radical (unpaired) electrons. The first-order chi connectivity index (χ1) is 9.45. The first-order valence-corrected chi connectivity index (χ1v) is 8.03. The van der Waals surface area contributed by atoms with Crippen LogP contribution in [0.4, 0.5) is 5.82 Å². The van der Waals surface area contributed by atoms with Crippen LogP contribution in [-0.4, -0.2) is 36.3 Å². The zero-order valence-electron chi connectivity index (χ0n) is 12.7. The number of rotatable bonds is 4. The van der Waals surface area contributed by atoms with E-state index in [-0.39, 0.29) is 12.2 Å². The molecule has 0 saturated carbocycles. The van der Waals surface area contributed by atoms with Crippen LogP contribution in [-0.2, 0) is 11.3 Å². The van der Waals surface area contributed by atoms with Crippen LogP contribution in [0.3, 0.4) is 0 Å². The normalized spacial score (nSPS) is 23.4. The molecule has 0 bridgehead atoms. The molecule has 1 aromatic heterocycles. The summed E-state index contributed by atoms with van der Waals surface area (Å²) in [6.07, 6.45) is 2.36. The van der Waals surface area contributed by atoms with Crippen LogP contribution in [0.15, 0.2) is 16.7 Å². The Balaban J connectivity index is 2.21. The van der Waals surface area contributed by atoms with Crippen molar-refractivity contribution in [3.05, 3.63) is 22.3 Å². The third-order valence-corrected chi connectivity index (χ3v) is 3.76. The lowest BCUT2D eigenvalue weighted by molar-refractivity contribution is -0.00551. The summed E-state index contributed by atoms with van der Waals surface area (Å²) in [6, 6.07) is 2.62. The summed E-state index contributed by atoms with van der Waals surface area (Å²) in [5, 5.41) is 3.47. The highest BCUT2D eigenvalue weighted by molar-refractivity contribution is 9.10. The maximum Gasteiger partial charge on any atom is 0.133 e. The van der Waals surface area contributed by atoms with Crippen molar-refractivity contribution in [2.75, 3.05) is 18.0 Å². The van der Waals surface area contributed by atoms with Gasteiger partial charge in [0, 0.05) is 41.9 Å². The van der Waals surface area contributed by atoms with E-state index in [9.17, 15) is 0 Å². The summed E-state index contributed by atoms with van der Waals surface area (Å²) in [7, 11) is 0. The summed E-state index contributed by atoms with van der Waals surface area (Å²) in [5.41, 5.74) is 1.23. The van der Waals surface area contributed by atoms with E-state index in [0.29, 0.717) is 6.04 Å². The predicted molar refractivity (Wildman–Crippen MR) is 86.1 cm³/mol. The van der Waals surface area contributed by atoms with Crippen LogP contribution in [0.2, 0.25) is 0 Å². The van der Waals surface area contributed by atoms with Crippen LogP contribution in [0.5, 0.6) is 0 Å². The molecule has 1 aromatic rings. The van der Waals surface area contributed by atoms with Gasteiger partial charge in [-0.3, -0.25) is 0 Å². The molecule has 0 spiro atoms. The van der Waals surface area contributed by atoms with Gasteiger partial charge in [0.15, 0.2) is 0 Å². The van der Waals surface area contributed by atoms with Crippen molar-refractivity contribution < 1.29 is 4.74 Å². The average molecular weight is 342 g/mol. The van der Waals surface area contributed by atoms with Gasteiger partial charge in [-0.25, -0.2) is 4.98 Å². The molecule has 1 aliphatic rings. The third kappa shape index (κ3) is 4.17. The molecule has 2 atom stereocenters. The van der Waals surface area contributed by atoms with E-state index in [1.54, 1.807) is 0 Å². The van der Waals surface area contributed by atoms with Crippen LogP contribution in [0, 0.1) is 0 Å². The Hall–Kier alpha value is -0.650. The summed E-state index contributed by atoms with van der Waals surface area (Å²) >= 11 is 3.52. The molecule has 112 valence electrons. The zero-order chi connectivity index (χ0) is 14.7. The number of morpholine rings is 1. The van der Waals surface area contributed by atoms with Gasteiger partial charge >= 0.3 is 0 Å². The molecule has 5 heteroatoms. The first kappa shape index (κ1) is 15.7. The first-order valence-electron chi connectivity index (χ1n) is 7.24. The van der Waals surface area contributed by atoms with Gasteiger partial charge in [0.05, 0.1) is 12.2 Å². The molecule has 0 amide bonds. The highest BCUT2D eigenvalue weighted by Crippen LogP contribution is 2.25. The van der Waals surface area contributed by atoms with E-state index < -0.39 is 0 Å². The molecule has 2 heterocycles. The standard InChI is InChI=1S/C15H24BrN3O/c1-10(2)17-6-13-5-14(16)7-18-15(13)19-8-11(3)20-12(4)9-19/h5,7,10-12,17H,6,8-9H2,1-4H3. The number of aromatic nitrogens is 1. The second-order valence-corrected chi connectivity index (χ2v) is 6.75. The van der Waals surface area contributed by atoms with Gasteiger partial charge in [0.2, 0.25) is 0 Å². The van der Waals surface area contributed by atoms with E-state index in [4.69, 9.17) is 4.74 Å². The number of hydrogen-bond acceptors (Lipinski definition) is 4. The van der Waals surface area contributed by atoms with E-state index in [2.05, 4.69) is 64.9 Å². The van der Waals surface area contributed by atoms with E-state index in [1.807, 2.05) is 6.20 Å². The molecule has 0 aromatic carbocycles. The van der Waals surface area contributed by atoms with Gasteiger partial charge in [0.25, 0.3) is 0 Å². The lowest BCUT2D eigenvalue weighted by atomic mass is 10.1. The van der Waals surface area contributed by atoms with Gasteiger partial charge in [0.1, 0.15) is 5.82 Å². The summed E-state index contributed by atoms with van der Waals surface area (Å²) in [6.45, 7) is 11.2. The Morgan fingerprint density at radius 3 is 2.65 bits per heavy atom. The molecule has 1 N–H and O–H groups in total. The summed E-state index contributed by atoms with van der Waals surface area (Å²) in [5.74, 6) is 1.07. The van der Waals surface area contributed by atoms with Gasteiger partial charge in [-0.15, -0.1) is 0 Å². The van der Waals surface area contributed by atoms with Crippen molar-refractivity contribution in [1.29, 1.82) is 0 Å². The SMILES string of the molecule is CC(C)NCc1cc(Br)cnc1N1CC(C)OC(C)C1. The maximum absolute atomic E-state index is 5.81. The molecule has 1 fully saturated rings. The molecule has 2 unspecified atom stereocenters. The van der Waals surface area contributed by atoms with Crippen molar-refractivity contribution in [3.63, 3.8) is 0 Å². The zero-order valence-corrected chi connectivity index (χ0v) is 14.3. The Labute approximate surface area is 130 Å². The molecule has 2 rings (SSSR count). The van der Waals surface area contributed by atoms with Gasteiger partial charge in [-0.1, -0.05) is 13.8 Å². The number of nitrogens with zero attached hydrogens (tertiary/aromatic N) is 2. The van der Waals surface area contributed by atoms with Crippen molar-refractivity contribution >= 4 is 21.7 Å². The van der Waals surface area contributed by atoms with Gasteiger partial charge in [-0.05, 0) is 35.8 Å².